The van der Waals surface area contributed by atoms with Crippen molar-refractivity contribution in [3.8, 4) is 0 Å². The van der Waals surface area contributed by atoms with Crippen LogP contribution in [0.25, 0.3) is 0 Å². The molecule has 1 amide bonds. The van der Waals surface area contributed by atoms with Crippen molar-refractivity contribution in [2.75, 3.05) is 13.2 Å². The second-order valence-corrected chi connectivity index (χ2v) is 5.16. The Hall–Kier alpha value is -1.59. The lowest BCUT2D eigenvalue weighted by atomic mass is 9.87. The van der Waals surface area contributed by atoms with Crippen LogP contribution < -0.4 is 0 Å². The molecule has 1 aromatic rings. The number of benzene rings is 1. The minimum absolute atomic E-state index is 0.0518. The summed E-state index contributed by atoms with van der Waals surface area (Å²) in [6, 6.07) is 9.54. The van der Waals surface area contributed by atoms with Crippen LogP contribution in [0, 0.1) is 0 Å². The van der Waals surface area contributed by atoms with Crippen LogP contribution in [0.4, 0.5) is 4.79 Å². The van der Waals surface area contributed by atoms with Crippen LogP contribution in [0.15, 0.2) is 30.3 Å². The summed E-state index contributed by atoms with van der Waals surface area (Å²) in [7, 11) is 0. The number of β-amino-alcohol motifs (C(OH)–C–C–N with tert-alkyl or cyclic N) is 1. The van der Waals surface area contributed by atoms with Crippen molar-refractivity contribution >= 4 is 6.09 Å². The van der Waals surface area contributed by atoms with E-state index in [1.54, 1.807) is 6.92 Å². The fourth-order valence-electron chi connectivity index (χ4n) is 2.41. The molecule has 19 heavy (non-hydrogen) atoms. The van der Waals surface area contributed by atoms with E-state index in [0.29, 0.717) is 6.42 Å². The minimum atomic E-state index is -1.46. The molecule has 1 heterocycles. The van der Waals surface area contributed by atoms with Crippen molar-refractivity contribution in [2.45, 2.75) is 31.6 Å². The fourth-order valence-corrected chi connectivity index (χ4v) is 2.41. The molecule has 1 aliphatic heterocycles. The van der Waals surface area contributed by atoms with Gasteiger partial charge in [0.15, 0.2) is 11.3 Å². The van der Waals surface area contributed by atoms with E-state index in [9.17, 15) is 9.90 Å². The molecule has 0 bridgehead atoms. The number of ether oxygens (including phenoxy) is 1. The highest BCUT2D eigenvalue weighted by Gasteiger charge is 2.58. The maximum Gasteiger partial charge on any atom is 0.412 e. The lowest BCUT2D eigenvalue weighted by molar-refractivity contribution is -0.137. The molecule has 1 saturated heterocycles. The van der Waals surface area contributed by atoms with Crippen LogP contribution in [0.2, 0.25) is 0 Å². The lowest BCUT2D eigenvalue weighted by Gasteiger charge is -2.37. The molecule has 2 atom stereocenters. The van der Waals surface area contributed by atoms with Crippen LogP contribution in [-0.4, -0.2) is 45.7 Å². The lowest BCUT2D eigenvalue weighted by Crippen LogP contribution is -2.56. The number of amides is 1. The number of nitrogens with zero attached hydrogens (tertiary/aromatic N) is 1. The van der Waals surface area contributed by atoms with Gasteiger partial charge in [-0.1, -0.05) is 30.3 Å². The zero-order valence-electron chi connectivity index (χ0n) is 11.2. The summed E-state index contributed by atoms with van der Waals surface area (Å²) in [5, 5.41) is 19.6. The van der Waals surface area contributed by atoms with Crippen molar-refractivity contribution in [3.63, 3.8) is 0 Å². The first-order valence-electron chi connectivity index (χ1n) is 6.28. The van der Waals surface area contributed by atoms with E-state index >= 15 is 0 Å². The van der Waals surface area contributed by atoms with Crippen molar-refractivity contribution in [1.29, 1.82) is 0 Å². The normalized spacial score (nSPS) is 30.5. The summed E-state index contributed by atoms with van der Waals surface area (Å²) in [4.78, 5) is 13.0. The summed E-state index contributed by atoms with van der Waals surface area (Å²) in [6.45, 7) is 3.08. The van der Waals surface area contributed by atoms with E-state index in [-0.39, 0.29) is 13.2 Å². The topological polar surface area (TPSA) is 70.0 Å². The molecule has 5 nitrogen and oxygen atoms in total. The summed E-state index contributed by atoms with van der Waals surface area (Å²) in [5.74, 6) is 0. The van der Waals surface area contributed by atoms with E-state index in [0.717, 1.165) is 10.5 Å². The summed E-state index contributed by atoms with van der Waals surface area (Å²) in [5.41, 5.74) is -1.52. The number of carbonyl (C=O) groups excluding carboxylic acids is 1. The number of cyclic esters (lactones) is 1. The molecule has 0 unspecified atom stereocenters. The van der Waals surface area contributed by atoms with Crippen LogP contribution in [0.1, 0.15) is 19.4 Å². The minimum Gasteiger partial charge on any atom is -0.438 e. The Labute approximate surface area is 112 Å². The van der Waals surface area contributed by atoms with Gasteiger partial charge in [0, 0.05) is 6.42 Å². The number of aliphatic hydroxyl groups excluding tert-OH is 1. The molecular formula is C14H19NO4. The molecule has 0 aliphatic carbocycles. The molecule has 5 heteroatoms. The van der Waals surface area contributed by atoms with E-state index in [1.807, 2.05) is 30.3 Å². The molecule has 0 radical (unpaired) electrons. The predicted molar refractivity (Wildman–Crippen MR) is 69.4 cm³/mol. The molecular weight excluding hydrogens is 246 g/mol. The first-order chi connectivity index (χ1) is 8.90. The Morgan fingerprint density at radius 3 is 2.47 bits per heavy atom. The Morgan fingerprint density at radius 2 is 1.89 bits per heavy atom. The first-order valence-corrected chi connectivity index (χ1v) is 6.28. The molecule has 2 rings (SSSR count). The van der Waals surface area contributed by atoms with Gasteiger partial charge in [-0.15, -0.1) is 0 Å². The van der Waals surface area contributed by atoms with E-state index < -0.39 is 17.4 Å². The maximum atomic E-state index is 11.8. The molecule has 104 valence electrons. The summed E-state index contributed by atoms with van der Waals surface area (Å²) < 4.78 is 5.36. The average molecular weight is 265 g/mol. The van der Waals surface area contributed by atoms with Gasteiger partial charge in [-0.25, -0.2) is 4.79 Å². The second kappa shape index (κ2) is 4.83. The second-order valence-electron chi connectivity index (χ2n) is 5.16. The zero-order valence-corrected chi connectivity index (χ0v) is 11.2. The number of rotatable bonds is 4. The summed E-state index contributed by atoms with van der Waals surface area (Å²) >= 11 is 0. The molecule has 1 aromatic carbocycles. The Balaban J connectivity index is 2.26. The Kier molecular flexibility index (Phi) is 3.52. The Morgan fingerprint density at radius 1 is 1.26 bits per heavy atom. The number of aliphatic hydroxyl groups is 2. The van der Waals surface area contributed by atoms with E-state index in [1.165, 1.54) is 6.92 Å². The van der Waals surface area contributed by atoms with Crippen molar-refractivity contribution < 1.29 is 19.7 Å². The third-order valence-electron chi connectivity index (χ3n) is 3.77. The zero-order chi connectivity index (χ0) is 14.1. The molecule has 2 N–H and O–H groups in total. The van der Waals surface area contributed by atoms with Crippen LogP contribution in [0.5, 0.6) is 0 Å². The highest BCUT2D eigenvalue weighted by Crippen LogP contribution is 2.39. The number of hydrogen-bond acceptors (Lipinski definition) is 4. The largest absolute Gasteiger partial charge is 0.438 e. The third-order valence-corrected chi connectivity index (χ3v) is 3.77. The van der Waals surface area contributed by atoms with Gasteiger partial charge in [-0.05, 0) is 19.4 Å². The predicted octanol–water partition coefficient (Wildman–Crippen LogP) is 1.14. The van der Waals surface area contributed by atoms with Crippen LogP contribution in [0.3, 0.4) is 0 Å². The third kappa shape index (κ3) is 2.31. The van der Waals surface area contributed by atoms with Crippen LogP contribution in [-0.2, 0) is 11.2 Å². The van der Waals surface area contributed by atoms with E-state index in [4.69, 9.17) is 9.84 Å². The quantitative estimate of drug-likeness (QED) is 0.856. The van der Waals surface area contributed by atoms with Gasteiger partial charge >= 0.3 is 6.09 Å². The average Bonchev–Trinajstić information content (AvgIpc) is 2.51. The van der Waals surface area contributed by atoms with Gasteiger partial charge in [-0.3, -0.25) is 4.90 Å². The van der Waals surface area contributed by atoms with Crippen molar-refractivity contribution in [2.24, 2.45) is 0 Å². The van der Waals surface area contributed by atoms with Crippen LogP contribution >= 0.6 is 0 Å². The monoisotopic (exact) mass is 265 g/mol. The number of hydrogen-bond donors (Lipinski definition) is 2. The molecule has 0 spiro atoms. The number of carbonyl (C=O) groups is 1. The molecule has 0 aromatic heterocycles. The Bertz CT molecular complexity index is 460. The van der Waals surface area contributed by atoms with Crippen molar-refractivity contribution in [3.05, 3.63) is 35.9 Å². The highest BCUT2D eigenvalue weighted by atomic mass is 16.6. The standard InChI is InChI=1S/C14H19NO4/c1-13(10-11-6-4-3-5-7-11)14(2,18)15(8-9-16)12(17)19-13/h3-7,16,18H,8-10H2,1-2H3/t13-,14+/m1/s1. The van der Waals surface area contributed by atoms with Gasteiger partial charge in [0.1, 0.15) is 0 Å². The molecule has 0 saturated carbocycles. The van der Waals surface area contributed by atoms with E-state index in [2.05, 4.69) is 0 Å². The highest BCUT2D eigenvalue weighted by molar-refractivity contribution is 5.72. The van der Waals surface area contributed by atoms with Gasteiger partial charge in [0.05, 0.1) is 13.2 Å². The SMILES string of the molecule is C[C@]1(Cc2ccccc2)OC(=O)N(CCO)[C@@]1(C)O. The van der Waals surface area contributed by atoms with Crippen molar-refractivity contribution in [1.82, 2.24) is 4.90 Å². The fraction of sp³-hybridized carbons (Fsp3) is 0.500. The molecule has 1 aliphatic rings. The van der Waals surface area contributed by atoms with Gasteiger partial charge in [-0.2, -0.15) is 0 Å². The summed E-state index contributed by atoms with van der Waals surface area (Å²) in [6.07, 6.45) is -0.188. The first kappa shape index (κ1) is 13.8. The smallest absolute Gasteiger partial charge is 0.412 e. The molecule has 1 fully saturated rings. The van der Waals surface area contributed by atoms with Gasteiger partial charge in [0.25, 0.3) is 0 Å². The van der Waals surface area contributed by atoms with Gasteiger partial charge < -0.3 is 14.9 Å². The maximum absolute atomic E-state index is 11.8. The van der Waals surface area contributed by atoms with Gasteiger partial charge in [0.2, 0.25) is 0 Å².